The van der Waals surface area contributed by atoms with Crippen LogP contribution in [0.3, 0.4) is 0 Å². The van der Waals surface area contributed by atoms with Gasteiger partial charge in [0.25, 0.3) is 0 Å². The van der Waals surface area contributed by atoms with Crippen LogP contribution in [0, 0.1) is 12.8 Å². The molecule has 2 aliphatic rings. The van der Waals surface area contributed by atoms with E-state index in [2.05, 4.69) is 35.8 Å². The Morgan fingerprint density at radius 2 is 1.74 bits per heavy atom. The molecule has 0 radical (unpaired) electrons. The van der Waals surface area contributed by atoms with Crippen LogP contribution in [0.5, 0.6) is 0 Å². The summed E-state index contributed by atoms with van der Waals surface area (Å²) in [5.74, 6) is 1.57. The number of carbonyl (C=O) groups excluding carboxylic acids is 1. The predicted molar refractivity (Wildman–Crippen MR) is 104 cm³/mol. The Morgan fingerprint density at radius 3 is 2.44 bits per heavy atom. The molecule has 1 aromatic carbocycles. The number of hydrogen-bond acceptors (Lipinski definition) is 2. The Bertz CT molecular complexity index is 963. The summed E-state index contributed by atoms with van der Waals surface area (Å²) in [5.41, 5.74) is 4.46. The average Bonchev–Trinajstić information content (AvgIpc) is 3.44. The van der Waals surface area contributed by atoms with Crippen molar-refractivity contribution in [2.45, 2.75) is 45.7 Å². The number of fused-ring (bicyclic) bond motifs is 1. The first-order valence-electron chi connectivity index (χ1n) is 9.80. The van der Waals surface area contributed by atoms with Crippen LogP contribution in [0.1, 0.15) is 42.5 Å². The van der Waals surface area contributed by atoms with Gasteiger partial charge in [0.1, 0.15) is 5.82 Å². The number of rotatable bonds is 3. The topological polar surface area (TPSA) is 43.1 Å². The molecular formula is C22H24N4O. The van der Waals surface area contributed by atoms with Crippen molar-refractivity contribution in [1.82, 2.24) is 19.2 Å². The van der Waals surface area contributed by atoms with Gasteiger partial charge >= 0.3 is 0 Å². The molecule has 3 heterocycles. The fourth-order valence-electron chi connectivity index (χ4n) is 4.40. The third-order valence-corrected chi connectivity index (χ3v) is 5.87. The van der Waals surface area contributed by atoms with E-state index in [1.165, 1.54) is 18.4 Å². The lowest BCUT2D eigenvalue weighted by molar-refractivity contribution is -0.136. The lowest BCUT2D eigenvalue weighted by atomic mass is 10.1. The highest BCUT2D eigenvalue weighted by molar-refractivity contribution is 5.80. The third kappa shape index (κ3) is 2.78. The lowest BCUT2D eigenvalue weighted by Crippen LogP contribution is -2.31. The van der Waals surface area contributed by atoms with Gasteiger partial charge in [-0.15, -0.1) is 0 Å². The van der Waals surface area contributed by atoms with Crippen LogP contribution >= 0.6 is 0 Å². The first-order valence-corrected chi connectivity index (χ1v) is 9.80. The molecule has 0 saturated heterocycles. The zero-order chi connectivity index (χ0) is 18.4. The Balaban J connectivity index is 1.53. The zero-order valence-corrected chi connectivity index (χ0v) is 15.6. The molecule has 1 aliphatic carbocycles. The molecule has 5 nitrogen and oxygen atoms in total. The van der Waals surface area contributed by atoms with Gasteiger partial charge in [0, 0.05) is 23.9 Å². The van der Waals surface area contributed by atoms with E-state index >= 15 is 0 Å². The third-order valence-electron chi connectivity index (χ3n) is 5.87. The predicted octanol–water partition coefficient (Wildman–Crippen LogP) is 4.00. The Hall–Kier alpha value is -2.82. The maximum Gasteiger partial charge on any atom is 0.226 e. The first kappa shape index (κ1) is 16.4. The van der Waals surface area contributed by atoms with E-state index in [1.807, 2.05) is 34.1 Å². The van der Waals surface area contributed by atoms with Crippen molar-refractivity contribution in [3.05, 3.63) is 65.6 Å². The average molecular weight is 360 g/mol. The van der Waals surface area contributed by atoms with E-state index in [0.29, 0.717) is 19.0 Å². The number of amides is 1. The molecule has 0 bridgehead atoms. The minimum atomic E-state index is 0.216. The summed E-state index contributed by atoms with van der Waals surface area (Å²) in [5, 5.41) is 4.91. The van der Waals surface area contributed by atoms with E-state index in [9.17, 15) is 4.79 Å². The summed E-state index contributed by atoms with van der Waals surface area (Å²) in [6.07, 6.45) is 8.54. The smallest absolute Gasteiger partial charge is 0.226 e. The molecule has 0 atom stereocenters. The molecule has 1 aliphatic heterocycles. The summed E-state index contributed by atoms with van der Waals surface area (Å²) < 4.78 is 4.12. The van der Waals surface area contributed by atoms with Crippen molar-refractivity contribution in [2.75, 3.05) is 0 Å². The zero-order valence-electron chi connectivity index (χ0n) is 15.6. The molecule has 1 saturated carbocycles. The van der Waals surface area contributed by atoms with Gasteiger partial charge in [-0.25, -0.2) is 4.68 Å². The number of carbonyl (C=O) groups is 1. The molecule has 1 amide bonds. The van der Waals surface area contributed by atoms with Gasteiger partial charge in [-0.1, -0.05) is 30.5 Å². The molecular weight excluding hydrogens is 336 g/mol. The Labute approximate surface area is 159 Å². The molecule has 0 unspecified atom stereocenters. The second-order valence-corrected chi connectivity index (χ2v) is 7.76. The molecule has 27 heavy (non-hydrogen) atoms. The van der Waals surface area contributed by atoms with Crippen LogP contribution in [-0.2, 0) is 17.9 Å². The number of benzene rings is 1. The number of hydrogen-bond donors (Lipinski definition) is 0. The van der Waals surface area contributed by atoms with E-state index in [0.717, 1.165) is 35.6 Å². The van der Waals surface area contributed by atoms with Gasteiger partial charge in [0.15, 0.2) is 0 Å². The monoisotopic (exact) mass is 360 g/mol. The van der Waals surface area contributed by atoms with Gasteiger partial charge < -0.3 is 9.47 Å². The molecule has 3 aromatic rings. The highest BCUT2D eigenvalue weighted by Crippen LogP contribution is 2.34. The van der Waals surface area contributed by atoms with Crippen LogP contribution < -0.4 is 0 Å². The summed E-state index contributed by atoms with van der Waals surface area (Å²) in [6, 6.07) is 12.5. The van der Waals surface area contributed by atoms with Gasteiger partial charge in [-0.2, -0.15) is 5.10 Å². The summed E-state index contributed by atoms with van der Waals surface area (Å²) in [4.78, 5) is 14.9. The maximum atomic E-state index is 12.9. The van der Waals surface area contributed by atoms with Crippen LogP contribution in [0.25, 0.3) is 11.5 Å². The van der Waals surface area contributed by atoms with Gasteiger partial charge in [0.2, 0.25) is 5.91 Å². The standard InChI is InChI=1S/C22H24N4O/c1-16-8-10-18(11-9-16)26-21(24-12-4-5-13-24)19-14-25(15-20(19)23-26)22(27)17-6-2-3-7-17/h4-5,8-13,17H,2-3,6-7,14-15H2,1H3. The molecule has 5 heteroatoms. The van der Waals surface area contributed by atoms with Crippen LogP contribution in [0.4, 0.5) is 0 Å². The Morgan fingerprint density at radius 1 is 1.04 bits per heavy atom. The second kappa shape index (κ2) is 6.41. The van der Waals surface area contributed by atoms with E-state index in [1.54, 1.807) is 0 Å². The minimum absolute atomic E-state index is 0.216. The van der Waals surface area contributed by atoms with Gasteiger partial charge in [-0.05, 0) is 44.0 Å². The maximum absolute atomic E-state index is 12.9. The van der Waals surface area contributed by atoms with Gasteiger partial charge in [-0.3, -0.25) is 4.79 Å². The van der Waals surface area contributed by atoms with Crippen molar-refractivity contribution >= 4 is 5.91 Å². The summed E-state index contributed by atoms with van der Waals surface area (Å²) in [6.45, 7) is 3.37. The van der Waals surface area contributed by atoms with Crippen LogP contribution in [0.15, 0.2) is 48.8 Å². The highest BCUT2D eigenvalue weighted by atomic mass is 16.2. The largest absolute Gasteiger partial charge is 0.332 e. The molecule has 0 N–H and O–H groups in total. The molecule has 1 fully saturated rings. The number of aromatic nitrogens is 3. The van der Waals surface area contributed by atoms with Crippen LogP contribution in [0.2, 0.25) is 0 Å². The normalized spacial score (nSPS) is 16.9. The van der Waals surface area contributed by atoms with E-state index in [4.69, 9.17) is 5.10 Å². The first-order chi connectivity index (χ1) is 13.2. The van der Waals surface area contributed by atoms with Crippen molar-refractivity contribution in [3.63, 3.8) is 0 Å². The SMILES string of the molecule is Cc1ccc(-n2nc3c(c2-n2cccc2)CN(C(=O)C2CCCC2)C3)cc1. The molecule has 2 aromatic heterocycles. The quantitative estimate of drug-likeness (QED) is 0.708. The van der Waals surface area contributed by atoms with Crippen molar-refractivity contribution in [1.29, 1.82) is 0 Å². The lowest BCUT2D eigenvalue weighted by Gasteiger charge is -2.20. The fourth-order valence-corrected chi connectivity index (χ4v) is 4.40. The van der Waals surface area contributed by atoms with Crippen molar-refractivity contribution in [2.24, 2.45) is 5.92 Å². The highest BCUT2D eigenvalue weighted by Gasteiger charge is 2.35. The number of aryl methyl sites for hydroxylation is 1. The molecule has 0 spiro atoms. The number of nitrogens with zero attached hydrogens (tertiary/aromatic N) is 4. The Kier molecular flexibility index (Phi) is 3.88. The fraction of sp³-hybridized carbons (Fsp3) is 0.364. The van der Waals surface area contributed by atoms with Crippen molar-refractivity contribution in [3.8, 4) is 11.5 Å². The summed E-state index contributed by atoms with van der Waals surface area (Å²) >= 11 is 0. The van der Waals surface area contributed by atoms with E-state index in [-0.39, 0.29) is 5.92 Å². The summed E-state index contributed by atoms with van der Waals surface area (Å²) in [7, 11) is 0. The molecule has 5 rings (SSSR count). The minimum Gasteiger partial charge on any atom is -0.332 e. The second-order valence-electron chi connectivity index (χ2n) is 7.76. The van der Waals surface area contributed by atoms with Crippen LogP contribution in [-0.4, -0.2) is 25.2 Å². The molecule has 138 valence electrons. The van der Waals surface area contributed by atoms with E-state index < -0.39 is 0 Å². The van der Waals surface area contributed by atoms with Gasteiger partial charge in [0.05, 0.1) is 24.5 Å². The van der Waals surface area contributed by atoms with Crippen molar-refractivity contribution < 1.29 is 4.79 Å².